The minimum atomic E-state index is 0.0520. The molecule has 5 heteroatoms. The second-order valence-corrected chi connectivity index (χ2v) is 7.28. The fraction of sp³-hybridized carbons (Fsp3) is 0.875. The molecule has 0 aliphatic heterocycles. The van der Waals surface area contributed by atoms with Gasteiger partial charge in [0.1, 0.15) is 0 Å². The van der Waals surface area contributed by atoms with E-state index in [-0.39, 0.29) is 5.91 Å². The maximum atomic E-state index is 11.9. The van der Waals surface area contributed by atoms with Gasteiger partial charge in [-0.25, -0.2) is 0 Å². The molecular formula is C16H29N3OS. The van der Waals surface area contributed by atoms with Crippen LogP contribution < -0.4 is 16.2 Å². The Bertz CT molecular complexity index is 369. The summed E-state index contributed by atoms with van der Waals surface area (Å²) in [6, 6.07) is 0.417. The molecule has 3 atom stereocenters. The summed E-state index contributed by atoms with van der Waals surface area (Å²) >= 11 is 5.29. The van der Waals surface area contributed by atoms with Gasteiger partial charge in [-0.05, 0) is 49.2 Å². The Labute approximate surface area is 133 Å². The number of hydrogen-bond donors (Lipinski definition) is 3. The van der Waals surface area contributed by atoms with E-state index < -0.39 is 0 Å². The molecule has 1 amide bonds. The number of thiocarbonyl (C=S) groups is 1. The maximum absolute atomic E-state index is 11.9. The van der Waals surface area contributed by atoms with Crippen molar-refractivity contribution in [2.75, 3.05) is 0 Å². The van der Waals surface area contributed by atoms with Crippen LogP contribution in [0.25, 0.3) is 0 Å². The molecule has 3 N–H and O–H groups in total. The lowest BCUT2D eigenvalue weighted by Crippen LogP contribution is -2.52. The number of hydrazine groups is 1. The molecule has 4 nitrogen and oxygen atoms in total. The van der Waals surface area contributed by atoms with Crippen LogP contribution in [0.2, 0.25) is 0 Å². The maximum Gasteiger partial charge on any atom is 0.238 e. The standard InChI is InChI=1S/C16H29N3OS/c1-11-6-5-9-14(12(11)2)17-16(21)19-18-15(20)10-13-7-3-4-8-13/h11-14H,3-10H2,1-2H3,(H,18,20)(H2,17,19,21)/t11-,12+,14+/m0/s1. The van der Waals surface area contributed by atoms with Crippen molar-refractivity contribution in [3.05, 3.63) is 0 Å². The quantitative estimate of drug-likeness (QED) is 0.554. The van der Waals surface area contributed by atoms with Crippen molar-refractivity contribution >= 4 is 23.2 Å². The van der Waals surface area contributed by atoms with Crippen LogP contribution >= 0.6 is 12.2 Å². The highest BCUT2D eigenvalue weighted by Gasteiger charge is 2.27. The summed E-state index contributed by atoms with van der Waals surface area (Å²) in [5.41, 5.74) is 5.59. The van der Waals surface area contributed by atoms with Crippen molar-refractivity contribution in [2.45, 2.75) is 71.3 Å². The number of nitrogens with one attached hydrogen (secondary N) is 3. The zero-order chi connectivity index (χ0) is 15.2. The van der Waals surface area contributed by atoms with Crippen molar-refractivity contribution < 1.29 is 4.79 Å². The van der Waals surface area contributed by atoms with Gasteiger partial charge in [0.2, 0.25) is 5.91 Å². The Morgan fingerprint density at radius 1 is 1.05 bits per heavy atom. The highest BCUT2D eigenvalue weighted by atomic mass is 32.1. The van der Waals surface area contributed by atoms with Gasteiger partial charge in [0, 0.05) is 12.5 Å². The Morgan fingerprint density at radius 2 is 1.76 bits per heavy atom. The van der Waals surface area contributed by atoms with E-state index in [4.69, 9.17) is 12.2 Å². The van der Waals surface area contributed by atoms with Crippen LogP contribution in [0, 0.1) is 17.8 Å². The molecule has 0 saturated heterocycles. The molecule has 2 aliphatic rings. The minimum absolute atomic E-state index is 0.0520. The fourth-order valence-corrected chi connectivity index (χ4v) is 3.85. The van der Waals surface area contributed by atoms with Gasteiger partial charge in [-0.15, -0.1) is 0 Å². The average Bonchev–Trinajstić information content (AvgIpc) is 2.94. The van der Waals surface area contributed by atoms with Gasteiger partial charge in [0.05, 0.1) is 0 Å². The summed E-state index contributed by atoms with van der Waals surface area (Å²) in [6.07, 6.45) is 9.24. The van der Waals surface area contributed by atoms with Crippen LogP contribution in [-0.2, 0) is 4.79 Å². The molecule has 0 aromatic rings. The van der Waals surface area contributed by atoms with Crippen LogP contribution in [0.1, 0.15) is 65.2 Å². The van der Waals surface area contributed by atoms with Crippen LogP contribution in [0.4, 0.5) is 0 Å². The Kier molecular flexibility index (Phi) is 6.27. The van der Waals surface area contributed by atoms with Crippen LogP contribution in [-0.4, -0.2) is 17.1 Å². The number of carbonyl (C=O) groups excluding carboxylic acids is 1. The summed E-state index contributed by atoms with van der Waals surface area (Å²) < 4.78 is 0. The van der Waals surface area contributed by atoms with E-state index in [0.717, 1.165) is 12.3 Å². The molecule has 0 bridgehead atoms. The highest BCUT2D eigenvalue weighted by Crippen LogP contribution is 2.29. The molecule has 120 valence electrons. The van der Waals surface area contributed by atoms with Crippen molar-refractivity contribution in [2.24, 2.45) is 17.8 Å². The summed E-state index contributed by atoms with van der Waals surface area (Å²) in [4.78, 5) is 11.9. The van der Waals surface area contributed by atoms with E-state index in [1.165, 1.54) is 38.5 Å². The lowest BCUT2D eigenvalue weighted by Gasteiger charge is -2.35. The first-order chi connectivity index (χ1) is 10.1. The average molecular weight is 311 g/mol. The van der Waals surface area contributed by atoms with E-state index in [9.17, 15) is 4.79 Å². The molecule has 0 aromatic carbocycles. The van der Waals surface area contributed by atoms with E-state index in [1.54, 1.807) is 0 Å². The predicted octanol–water partition coefficient (Wildman–Crippen LogP) is 2.89. The molecule has 2 rings (SSSR count). The van der Waals surface area contributed by atoms with E-state index in [0.29, 0.717) is 29.4 Å². The van der Waals surface area contributed by atoms with E-state index in [2.05, 4.69) is 30.0 Å². The molecule has 2 aliphatic carbocycles. The first-order valence-corrected chi connectivity index (χ1v) is 8.82. The van der Waals surface area contributed by atoms with Crippen molar-refractivity contribution in [1.82, 2.24) is 16.2 Å². The van der Waals surface area contributed by atoms with Gasteiger partial charge >= 0.3 is 0 Å². The molecule has 0 radical (unpaired) electrons. The first kappa shape index (κ1) is 16.5. The van der Waals surface area contributed by atoms with E-state index >= 15 is 0 Å². The van der Waals surface area contributed by atoms with Gasteiger partial charge in [0.15, 0.2) is 5.11 Å². The summed E-state index contributed by atoms with van der Waals surface area (Å²) in [5, 5.41) is 3.90. The van der Waals surface area contributed by atoms with Crippen molar-refractivity contribution in [3.8, 4) is 0 Å². The molecule has 2 saturated carbocycles. The molecule has 0 unspecified atom stereocenters. The number of amides is 1. The Balaban J connectivity index is 1.65. The third-order valence-electron chi connectivity index (χ3n) is 5.29. The smallest absolute Gasteiger partial charge is 0.238 e. The molecule has 0 heterocycles. The lowest BCUT2D eigenvalue weighted by atomic mass is 9.78. The number of carbonyl (C=O) groups is 1. The largest absolute Gasteiger partial charge is 0.358 e. The number of rotatable bonds is 3. The molecule has 21 heavy (non-hydrogen) atoms. The minimum Gasteiger partial charge on any atom is -0.358 e. The Hall–Kier alpha value is -0.840. The second-order valence-electron chi connectivity index (χ2n) is 6.88. The molecule has 0 spiro atoms. The summed E-state index contributed by atoms with van der Waals surface area (Å²) in [6.45, 7) is 4.58. The monoisotopic (exact) mass is 311 g/mol. The third-order valence-corrected chi connectivity index (χ3v) is 5.51. The van der Waals surface area contributed by atoms with Gasteiger partial charge in [0.25, 0.3) is 0 Å². The van der Waals surface area contributed by atoms with E-state index in [1.807, 2.05) is 0 Å². The molecular weight excluding hydrogens is 282 g/mol. The van der Waals surface area contributed by atoms with Gasteiger partial charge in [-0.2, -0.15) is 0 Å². The van der Waals surface area contributed by atoms with Crippen LogP contribution in [0.3, 0.4) is 0 Å². The normalized spacial score (nSPS) is 29.9. The number of hydrogen-bond acceptors (Lipinski definition) is 2. The van der Waals surface area contributed by atoms with Crippen molar-refractivity contribution in [3.63, 3.8) is 0 Å². The van der Waals surface area contributed by atoms with Gasteiger partial charge in [-0.1, -0.05) is 39.5 Å². The third kappa shape index (κ3) is 5.13. The predicted molar refractivity (Wildman–Crippen MR) is 89.6 cm³/mol. The summed E-state index contributed by atoms with van der Waals surface area (Å²) in [5.74, 6) is 1.97. The highest BCUT2D eigenvalue weighted by molar-refractivity contribution is 7.80. The van der Waals surface area contributed by atoms with Crippen LogP contribution in [0.15, 0.2) is 0 Å². The van der Waals surface area contributed by atoms with Gasteiger partial charge in [-0.3, -0.25) is 15.6 Å². The van der Waals surface area contributed by atoms with Crippen molar-refractivity contribution in [1.29, 1.82) is 0 Å². The Morgan fingerprint density at radius 3 is 2.48 bits per heavy atom. The second kappa shape index (κ2) is 7.97. The topological polar surface area (TPSA) is 53.2 Å². The molecule has 0 aromatic heterocycles. The van der Waals surface area contributed by atoms with Gasteiger partial charge < -0.3 is 5.32 Å². The summed E-state index contributed by atoms with van der Waals surface area (Å²) in [7, 11) is 0. The lowest BCUT2D eigenvalue weighted by molar-refractivity contribution is -0.122. The SMILES string of the molecule is C[C@@H]1[C@@H](C)CCC[C@H]1NC(=S)NNC(=O)CC1CCCC1. The zero-order valence-corrected chi connectivity index (χ0v) is 14.1. The fourth-order valence-electron chi connectivity index (χ4n) is 3.64. The molecule has 2 fully saturated rings. The van der Waals surface area contributed by atoms with Crippen LogP contribution in [0.5, 0.6) is 0 Å². The zero-order valence-electron chi connectivity index (χ0n) is 13.3. The first-order valence-electron chi connectivity index (χ1n) is 8.41.